The van der Waals surface area contributed by atoms with Gasteiger partial charge in [0.1, 0.15) is 0 Å². The van der Waals surface area contributed by atoms with Crippen LogP contribution in [0.15, 0.2) is 41.0 Å². The molecule has 1 aromatic carbocycles. The summed E-state index contributed by atoms with van der Waals surface area (Å²) in [6.45, 7) is 4.51. The molecule has 1 aromatic heterocycles. The summed E-state index contributed by atoms with van der Waals surface area (Å²) in [6, 6.07) is 10.7. The Hall–Kier alpha value is -1.13. The SMILES string of the molecule is CCC(C)n1ccc(CC(CO)Cc2ccccc2Br)n1. The molecule has 3 nitrogen and oxygen atoms in total. The van der Waals surface area contributed by atoms with Crippen molar-refractivity contribution < 1.29 is 5.11 Å². The molecule has 1 heterocycles. The van der Waals surface area contributed by atoms with Crippen molar-refractivity contribution >= 4 is 15.9 Å². The Balaban J connectivity index is 2.02. The minimum absolute atomic E-state index is 0.178. The van der Waals surface area contributed by atoms with Gasteiger partial charge in [0.05, 0.1) is 5.69 Å². The van der Waals surface area contributed by atoms with Crippen LogP contribution >= 0.6 is 15.9 Å². The largest absolute Gasteiger partial charge is 0.396 e. The molecule has 1 N–H and O–H groups in total. The number of rotatable bonds is 7. The first-order valence-corrected chi connectivity index (χ1v) is 8.31. The van der Waals surface area contributed by atoms with Crippen LogP contribution in [0.5, 0.6) is 0 Å². The van der Waals surface area contributed by atoms with E-state index in [2.05, 4.69) is 47.0 Å². The summed E-state index contributed by atoms with van der Waals surface area (Å²) in [5, 5.41) is 14.3. The molecule has 0 aliphatic heterocycles. The van der Waals surface area contributed by atoms with Crippen LogP contribution in [0.1, 0.15) is 37.6 Å². The summed E-state index contributed by atoms with van der Waals surface area (Å²) in [5.41, 5.74) is 2.29. The third-order valence-electron chi connectivity index (χ3n) is 3.93. The molecule has 0 amide bonds. The number of nitrogens with zero attached hydrogens (tertiary/aromatic N) is 2. The fourth-order valence-electron chi connectivity index (χ4n) is 2.39. The van der Waals surface area contributed by atoms with Crippen molar-refractivity contribution in [2.75, 3.05) is 6.61 Å². The molecular weight excluding hydrogens is 328 g/mol. The molecule has 0 radical (unpaired) electrons. The van der Waals surface area contributed by atoms with Crippen LogP contribution < -0.4 is 0 Å². The van der Waals surface area contributed by atoms with Gasteiger partial charge in [-0.3, -0.25) is 4.68 Å². The highest BCUT2D eigenvalue weighted by Crippen LogP contribution is 2.21. The smallest absolute Gasteiger partial charge is 0.0628 e. The molecule has 0 spiro atoms. The number of aliphatic hydroxyl groups excluding tert-OH is 1. The number of halogens is 1. The Morgan fingerprint density at radius 1 is 1.24 bits per heavy atom. The number of aliphatic hydroxyl groups is 1. The van der Waals surface area contributed by atoms with Crippen LogP contribution in [0.3, 0.4) is 0 Å². The first-order chi connectivity index (χ1) is 10.1. The van der Waals surface area contributed by atoms with Crippen molar-refractivity contribution in [3.8, 4) is 0 Å². The second kappa shape index (κ2) is 7.76. The van der Waals surface area contributed by atoms with Crippen molar-refractivity contribution in [3.63, 3.8) is 0 Å². The maximum Gasteiger partial charge on any atom is 0.0628 e. The lowest BCUT2D eigenvalue weighted by atomic mass is 9.95. The van der Waals surface area contributed by atoms with Crippen LogP contribution in [0.4, 0.5) is 0 Å². The standard InChI is InChI=1S/C17H23BrN2O/c1-3-13(2)20-9-8-16(19-20)11-14(12-21)10-15-6-4-5-7-17(15)18/h4-9,13-14,21H,3,10-12H2,1-2H3. The molecule has 0 aliphatic rings. The maximum atomic E-state index is 9.65. The van der Waals surface area contributed by atoms with Crippen molar-refractivity contribution in [1.29, 1.82) is 0 Å². The van der Waals surface area contributed by atoms with Gasteiger partial charge in [-0.2, -0.15) is 5.10 Å². The second-order valence-electron chi connectivity index (χ2n) is 5.59. The van der Waals surface area contributed by atoms with Gasteiger partial charge in [-0.1, -0.05) is 41.1 Å². The molecule has 0 saturated heterocycles. The minimum Gasteiger partial charge on any atom is -0.396 e. The van der Waals surface area contributed by atoms with Gasteiger partial charge in [-0.25, -0.2) is 0 Å². The second-order valence-corrected chi connectivity index (χ2v) is 6.45. The van der Waals surface area contributed by atoms with Crippen LogP contribution in [-0.2, 0) is 12.8 Å². The maximum absolute atomic E-state index is 9.65. The van der Waals surface area contributed by atoms with Gasteiger partial charge in [0.15, 0.2) is 0 Å². The predicted octanol–water partition coefficient (Wildman–Crippen LogP) is 4.01. The van der Waals surface area contributed by atoms with Crippen molar-refractivity contribution in [1.82, 2.24) is 9.78 Å². The van der Waals surface area contributed by atoms with E-state index in [0.29, 0.717) is 6.04 Å². The number of aromatic nitrogens is 2. The highest BCUT2D eigenvalue weighted by Gasteiger charge is 2.14. The molecular formula is C17H23BrN2O. The van der Waals surface area contributed by atoms with Crippen molar-refractivity contribution in [3.05, 3.63) is 52.3 Å². The van der Waals surface area contributed by atoms with Gasteiger partial charge in [0.2, 0.25) is 0 Å². The molecule has 4 heteroatoms. The average Bonchev–Trinajstić information content (AvgIpc) is 2.96. The molecule has 2 aromatic rings. The van der Waals surface area contributed by atoms with Crippen LogP contribution in [0, 0.1) is 5.92 Å². The zero-order chi connectivity index (χ0) is 15.2. The fourth-order valence-corrected chi connectivity index (χ4v) is 2.84. The van der Waals surface area contributed by atoms with Gasteiger partial charge < -0.3 is 5.11 Å². The normalized spacial score (nSPS) is 14.1. The van der Waals surface area contributed by atoms with E-state index < -0.39 is 0 Å². The highest BCUT2D eigenvalue weighted by molar-refractivity contribution is 9.10. The lowest BCUT2D eigenvalue weighted by Crippen LogP contribution is -2.14. The highest BCUT2D eigenvalue weighted by atomic mass is 79.9. The zero-order valence-corrected chi connectivity index (χ0v) is 14.3. The summed E-state index contributed by atoms with van der Waals surface area (Å²) in [4.78, 5) is 0. The third kappa shape index (κ3) is 4.42. The van der Waals surface area contributed by atoms with Crippen LogP contribution in [0.25, 0.3) is 0 Å². The Morgan fingerprint density at radius 3 is 2.67 bits per heavy atom. The van der Waals surface area contributed by atoms with E-state index in [1.54, 1.807) is 0 Å². The molecule has 0 aliphatic carbocycles. The summed E-state index contributed by atoms with van der Waals surface area (Å²) >= 11 is 3.57. The molecule has 2 rings (SSSR count). The van der Waals surface area contributed by atoms with Crippen molar-refractivity contribution in [2.24, 2.45) is 5.92 Å². The van der Waals surface area contributed by atoms with Gasteiger partial charge in [-0.15, -0.1) is 0 Å². The van der Waals surface area contributed by atoms with Crippen molar-refractivity contribution in [2.45, 2.75) is 39.2 Å². The molecule has 0 saturated carbocycles. The first kappa shape index (κ1) is 16.2. The van der Waals surface area contributed by atoms with Gasteiger partial charge in [0, 0.05) is 23.3 Å². The van der Waals surface area contributed by atoms with E-state index in [1.807, 2.05) is 29.1 Å². The number of hydrogen-bond donors (Lipinski definition) is 1. The van der Waals surface area contributed by atoms with Gasteiger partial charge >= 0.3 is 0 Å². The summed E-state index contributed by atoms with van der Waals surface area (Å²) in [6.07, 6.45) is 4.77. The zero-order valence-electron chi connectivity index (χ0n) is 12.7. The van der Waals surface area contributed by atoms with E-state index >= 15 is 0 Å². The molecule has 0 bridgehead atoms. The Morgan fingerprint density at radius 2 is 2.00 bits per heavy atom. The number of hydrogen-bond acceptors (Lipinski definition) is 2. The lowest BCUT2D eigenvalue weighted by molar-refractivity contribution is 0.223. The third-order valence-corrected chi connectivity index (χ3v) is 4.70. The Bertz CT molecular complexity index is 567. The molecule has 0 fully saturated rings. The fraction of sp³-hybridized carbons (Fsp3) is 0.471. The van der Waals surface area contributed by atoms with E-state index in [-0.39, 0.29) is 12.5 Å². The molecule has 21 heavy (non-hydrogen) atoms. The van der Waals surface area contributed by atoms with Gasteiger partial charge in [-0.05, 0) is 49.8 Å². The number of benzene rings is 1. The first-order valence-electron chi connectivity index (χ1n) is 7.52. The molecule has 2 atom stereocenters. The average molecular weight is 351 g/mol. The summed E-state index contributed by atoms with van der Waals surface area (Å²) < 4.78 is 3.12. The minimum atomic E-state index is 0.178. The quantitative estimate of drug-likeness (QED) is 0.819. The van der Waals surface area contributed by atoms with Crippen LogP contribution in [-0.4, -0.2) is 21.5 Å². The van der Waals surface area contributed by atoms with E-state index in [0.717, 1.165) is 29.4 Å². The lowest BCUT2D eigenvalue weighted by Gasteiger charge is -2.14. The van der Waals surface area contributed by atoms with E-state index in [4.69, 9.17) is 0 Å². The predicted molar refractivity (Wildman–Crippen MR) is 89.4 cm³/mol. The van der Waals surface area contributed by atoms with Gasteiger partial charge in [0.25, 0.3) is 0 Å². The molecule has 114 valence electrons. The Labute approximate surface area is 135 Å². The van der Waals surface area contributed by atoms with Crippen LogP contribution in [0.2, 0.25) is 0 Å². The monoisotopic (exact) mass is 350 g/mol. The van der Waals surface area contributed by atoms with E-state index in [1.165, 1.54) is 5.56 Å². The summed E-state index contributed by atoms with van der Waals surface area (Å²) in [7, 11) is 0. The summed E-state index contributed by atoms with van der Waals surface area (Å²) in [5.74, 6) is 0.198. The topological polar surface area (TPSA) is 38.0 Å². The Kier molecular flexibility index (Phi) is 6.00. The van der Waals surface area contributed by atoms with E-state index in [9.17, 15) is 5.11 Å². The molecule has 2 unspecified atom stereocenters.